The summed E-state index contributed by atoms with van der Waals surface area (Å²) in [6.07, 6.45) is -1.52. The zero-order chi connectivity index (χ0) is 21.0. The molecule has 0 saturated carbocycles. The minimum atomic E-state index is -4.52. The van der Waals surface area contributed by atoms with Crippen LogP contribution < -0.4 is 4.90 Å². The van der Waals surface area contributed by atoms with Gasteiger partial charge in [0.1, 0.15) is 10.5 Å². The van der Waals surface area contributed by atoms with E-state index < -0.39 is 17.8 Å². The van der Waals surface area contributed by atoms with Gasteiger partial charge in [0.05, 0.1) is 23.2 Å². The van der Waals surface area contributed by atoms with E-state index in [1.165, 1.54) is 22.4 Å². The molecule has 2 aliphatic rings. The number of alkyl halides is 3. The fourth-order valence-electron chi connectivity index (χ4n) is 4.41. The van der Waals surface area contributed by atoms with Gasteiger partial charge >= 0.3 is 12.3 Å². The van der Waals surface area contributed by atoms with Crippen molar-refractivity contribution < 1.29 is 27.5 Å². The lowest BCUT2D eigenvalue weighted by atomic mass is 9.92. The number of piperazine rings is 1. The summed E-state index contributed by atoms with van der Waals surface area (Å²) < 4.78 is 46.2. The number of benzene rings is 1. The molecule has 1 aromatic carbocycles. The van der Waals surface area contributed by atoms with Crippen LogP contribution in [0.1, 0.15) is 24.8 Å². The number of oxazole rings is 1. The largest absolute Gasteiger partial charge is 0.465 e. The Labute approximate surface area is 172 Å². The van der Waals surface area contributed by atoms with E-state index in [9.17, 15) is 23.1 Å². The van der Waals surface area contributed by atoms with Crippen LogP contribution in [0.2, 0.25) is 0 Å². The molecule has 30 heavy (non-hydrogen) atoms. The first kappa shape index (κ1) is 19.2. The molecule has 0 spiro atoms. The Morgan fingerprint density at radius 2 is 1.97 bits per heavy atom. The smallest absolute Gasteiger partial charge is 0.416 e. The molecular weight excluding hydrogens is 421 g/mol. The highest BCUT2D eigenvalue weighted by atomic mass is 32.1. The summed E-state index contributed by atoms with van der Waals surface area (Å²) in [6, 6.07) is 1.86. The van der Waals surface area contributed by atoms with E-state index in [0.717, 1.165) is 31.4 Å². The molecule has 2 bridgehead atoms. The predicted octanol–water partition coefficient (Wildman–Crippen LogP) is 4.69. The second-order valence-corrected chi connectivity index (χ2v) is 8.43. The first-order valence-corrected chi connectivity index (χ1v) is 10.4. The standard InChI is InChI=1S/C19H17F3N4O3S/c20-19(21,22)10-6-13(16-23-4-5-30-16)15-14(7-10)24-17(29-15)25-8-11-2-1-3-12(9-25)26(11)18(27)28/h4-7,11-12H,1-3,8-9H2,(H,27,28). The van der Waals surface area contributed by atoms with Gasteiger partial charge in [-0.3, -0.25) is 4.90 Å². The quantitative estimate of drug-likeness (QED) is 0.625. The molecule has 158 valence electrons. The summed E-state index contributed by atoms with van der Waals surface area (Å²) in [7, 11) is 0. The van der Waals surface area contributed by atoms with Crippen LogP contribution in [0.5, 0.6) is 0 Å². The number of aromatic nitrogens is 2. The second kappa shape index (κ2) is 6.86. The Kier molecular flexibility index (Phi) is 4.38. The third-order valence-electron chi connectivity index (χ3n) is 5.68. The lowest BCUT2D eigenvalue weighted by Gasteiger charge is -2.48. The summed E-state index contributed by atoms with van der Waals surface area (Å²) in [5, 5.41) is 11.6. The minimum Gasteiger partial charge on any atom is -0.465 e. The van der Waals surface area contributed by atoms with Crippen LogP contribution >= 0.6 is 11.3 Å². The fourth-order valence-corrected chi connectivity index (χ4v) is 5.06. The number of amides is 1. The number of hydrogen-bond donors (Lipinski definition) is 1. The molecule has 0 aliphatic carbocycles. The van der Waals surface area contributed by atoms with E-state index in [1.54, 1.807) is 5.38 Å². The molecule has 0 radical (unpaired) electrons. The van der Waals surface area contributed by atoms with Crippen molar-refractivity contribution in [3.8, 4) is 10.6 Å². The normalized spacial score (nSPS) is 22.0. The number of carboxylic acid groups (broad SMARTS) is 1. The van der Waals surface area contributed by atoms with Crippen LogP contribution in [0.25, 0.3) is 21.7 Å². The molecule has 5 rings (SSSR count). The van der Waals surface area contributed by atoms with Crippen molar-refractivity contribution in [2.75, 3.05) is 18.0 Å². The molecule has 4 heterocycles. The van der Waals surface area contributed by atoms with Crippen molar-refractivity contribution in [2.24, 2.45) is 0 Å². The third-order valence-corrected chi connectivity index (χ3v) is 6.49. The topological polar surface area (TPSA) is 82.7 Å². The van der Waals surface area contributed by atoms with Crippen LogP contribution in [0.4, 0.5) is 24.0 Å². The van der Waals surface area contributed by atoms with Gasteiger partial charge in [-0.15, -0.1) is 11.3 Å². The lowest BCUT2D eigenvalue weighted by molar-refractivity contribution is -0.137. The Morgan fingerprint density at radius 1 is 1.23 bits per heavy atom. The van der Waals surface area contributed by atoms with E-state index in [2.05, 4.69) is 9.97 Å². The number of carbonyl (C=O) groups is 1. The lowest BCUT2D eigenvalue weighted by Crippen LogP contribution is -2.62. The number of rotatable bonds is 2. The van der Waals surface area contributed by atoms with Gasteiger partial charge in [-0.2, -0.15) is 18.2 Å². The van der Waals surface area contributed by atoms with E-state index in [-0.39, 0.29) is 34.8 Å². The number of fused-ring (bicyclic) bond motifs is 3. The predicted molar refractivity (Wildman–Crippen MR) is 104 cm³/mol. The SMILES string of the molecule is O=C(O)N1C2CCCC1CN(c1nc3cc(C(F)(F)F)cc(-c4nccs4)c3o1)C2. The van der Waals surface area contributed by atoms with Gasteiger partial charge in [-0.1, -0.05) is 0 Å². The van der Waals surface area contributed by atoms with Crippen molar-refractivity contribution in [2.45, 2.75) is 37.5 Å². The zero-order valence-electron chi connectivity index (χ0n) is 15.6. The van der Waals surface area contributed by atoms with E-state index >= 15 is 0 Å². The highest BCUT2D eigenvalue weighted by Gasteiger charge is 2.41. The Morgan fingerprint density at radius 3 is 2.57 bits per heavy atom. The van der Waals surface area contributed by atoms with Gasteiger partial charge < -0.3 is 14.4 Å². The molecule has 2 aliphatic heterocycles. The number of hydrogen-bond acceptors (Lipinski definition) is 6. The van der Waals surface area contributed by atoms with Crippen LogP contribution in [0.15, 0.2) is 28.1 Å². The van der Waals surface area contributed by atoms with E-state index in [4.69, 9.17) is 4.42 Å². The van der Waals surface area contributed by atoms with Gasteiger partial charge in [-0.05, 0) is 31.4 Å². The van der Waals surface area contributed by atoms with Crippen molar-refractivity contribution >= 4 is 34.5 Å². The maximum Gasteiger partial charge on any atom is 0.416 e. The number of nitrogens with zero attached hydrogens (tertiary/aromatic N) is 4. The molecule has 1 amide bonds. The Hall–Kier alpha value is -2.82. The molecular formula is C19H17F3N4O3S. The number of thiazole rings is 1. The maximum atomic E-state index is 13.4. The van der Waals surface area contributed by atoms with Gasteiger partial charge in [-0.25, -0.2) is 9.78 Å². The first-order chi connectivity index (χ1) is 14.3. The van der Waals surface area contributed by atoms with Crippen LogP contribution in [0, 0.1) is 0 Å². The molecule has 2 fully saturated rings. The summed E-state index contributed by atoms with van der Waals surface area (Å²) >= 11 is 1.22. The molecule has 7 nitrogen and oxygen atoms in total. The highest BCUT2D eigenvalue weighted by molar-refractivity contribution is 7.13. The summed E-state index contributed by atoms with van der Waals surface area (Å²) in [5.41, 5.74) is -0.208. The average Bonchev–Trinajstić information content (AvgIpc) is 3.35. The molecule has 2 saturated heterocycles. The molecule has 3 aromatic rings. The summed E-state index contributed by atoms with van der Waals surface area (Å²) in [5.74, 6) is 0. The molecule has 2 unspecified atom stereocenters. The molecule has 11 heteroatoms. The number of halogens is 3. The van der Waals surface area contributed by atoms with Crippen molar-refractivity contribution in [1.82, 2.24) is 14.9 Å². The first-order valence-electron chi connectivity index (χ1n) is 9.49. The third kappa shape index (κ3) is 3.17. The van der Waals surface area contributed by atoms with Gasteiger partial charge in [0.25, 0.3) is 6.01 Å². The molecule has 2 aromatic heterocycles. The highest BCUT2D eigenvalue weighted by Crippen LogP contribution is 2.40. The molecule has 2 atom stereocenters. The Bertz CT molecular complexity index is 1080. The van der Waals surface area contributed by atoms with E-state index in [1.807, 2.05) is 4.90 Å². The average molecular weight is 438 g/mol. The van der Waals surface area contributed by atoms with Gasteiger partial charge in [0, 0.05) is 24.7 Å². The number of piperidine rings is 1. The van der Waals surface area contributed by atoms with Crippen molar-refractivity contribution in [3.05, 3.63) is 29.3 Å². The van der Waals surface area contributed by atoms with Crippen LogP contribution in [0.3, 0.4) is 0 Å². The summed E-state index contributed by atoms with van der Waals surface area (Å²) in [6.45, 7) is 0.794. The van der Waals surface area contributed by atoms with Crippen molar-refractivity contribution in [1.29, 1.82) is 0 Å². The zero-order valence-corrected chi connectivity index (χ0v) is 16.4. The van der Waals surface area contributed by atoms with E-state index in [0.29, 0.717) is 18.1 Å². The maximum absolute atomic E-state index is 13.4. The van der Waals surface area contributed by atoms with Gasteiger partial charge in [0.2, 0.25) is 0 Å². The molecule has 1 N–H and O–H groups in total. The fraction of sp³-hybridized carbons (Fsp3) is 0.421. The second-order valence-electron chi connectivity index (χ2n) is 7.54. The Balaban J connectivity index is 1.57. The van der Waals surface area contributed by atoms with Crippen LogP contribution in [-0.2, 0) is 6.18 Å². The number of anilines is 1. The van der Waals surface area contributed by atoms with Crippen molar-refractivity contribution in [3.63, 3.8) is 0 Å². The summed E-state index contributed by atoms with van der Waals surface area (Å²) in [4.78, 5) is 23.4. The van der Waals surface area contributed by atoms with Crippen LogP contribution in [-0.4, -0.2) is 51.2 Å². The van der Waals surface area contributed by atoms with Gasteiger partial charge in [0.15, 0.2) is 5.58 Å². The monoisotopic (exact) mass is 438 g/mol. The minimum absolute atomic E-state index is 0.107.